The smallest absolute Gasteiger partial charge is 0.358 e. The molecule has 25 atom stereocenters. The van der Waals surface area contributed by atoms with Crippen LogP contribution in [0.2, 0.25) is 0 Å². The first kappa shape index (κ1) is 80.3. The lowest BCUT2D eigenvalue weighted by Gasteiger charge is -2.46. The molecule has 4 aromatic rings. The van der Waals surface area contributed by atoms with Crippen LogP contribution in [-0.2, 0) is 51.2 Å². The number of hydrogen-bond donors (Lipinski definition) is 24. The van der Waals surface area contributed by atoms with Crippen molar-refractivity contribution in [2.24, 2.45) is 16.5 Å². The number of aliphatic imine (C=N–C) groups is 1. The van der Waals surface area contributed by atoms with E-state index in [9.17, 15) is 86.2 Å². The largest absolute Gasteiger partial charge is 0.858 e. The number of nitrogens with zero attached hydrogens (tertiary/aromatic N) is 2. The Morgan fingerprint density at radius 3 is 1.91 bits per heavy atom. The minimum atomic E-state index is -2.31. The van der Waals surface area contributed by atoms with Gasteiger partial charge in [-0.3, -0.25) is 51.3 Å². The van der Waals surface area contributed by atoms with Crippen molar-refractivity contribution in [2.45, 2.75) is 172 Å². The highest BCUT2D eigenvalue weighted by molar-refractivity contribution is 5.97. The summed E-state index contributed by atoms with van der Waals surface area (Å²) in [7, 11) is 1.46. The summed E-state index contributed by atoms with van der Waals surface area (Å²) in [5, 5.41) is 185. The van der Waals surface area contributed by atoms with E-state index in [1.165, 1.54) is 37.4 Å². The number of rotatable bonds is 23. The van der Waals surface area contributed by atoms with Gasteiger partial charge in [-0.25, -0.2) is 9.57 Å². The van der Waals surface area contributed by atoms with Crippen molar-refractivity contribution < 1.29 is 148 Å². The van der Waals surface area contributed by atoms with Crippen LogP contribution in [0.25, 0.3) is 0 Å². The molecule has 4 amide bonds. The van der Waals surface area contributed by atoms with Gasteiger partial charge in [0, 0.05) is 24.3 Å². The van der Waals surface area contributed by atoms with Crippen molar-refractivity contribution in [3.63, 3.8) is 0 Å². The van der Waals surface area contributed by atoms with Gasteiger partial charge in [-0.05, 0) is 41.0 Å². The number of amides is 4. The fraction of sp³-hybridized carbons (Fsp3) is 0.529. The number of nitrogens with one attached hydrogen (secondary N) is 8. The van der Waals surface area contributed by atoms with Crippen LogP contribution in [0.15, 0.2) is 108 Å². The highest BCUT2D eigenvalue weighted by Gasteiger charge is 2.55. The fourth-order valence-electron chi connectivity index (χ4n) is 13.0. The van der Waals surface area contributed by atoms with Gasteiger partial charge in [0.1, 0.15) is 153 Å². The molecule has 0 aromatic heterocycles. The Morgan fingerprint density at radius 2 is 1.24 bits per heavy atom. The Hall–Kier alpha value is -9.24. The summed E-state index contributed by atoms with van der Waals surface area (Å²) in [5.74, 6) is -7.65. The van der Waals surface area contributed by atoms with Gasteiger partial charge in [-0.1, -0.05) is 79.7 Å². The van der Waals surface area contributed by atoms with Crippen LogP contribution in [0.1, 0.15) is 29.5 Å². The molecule has 26 N–H and O–H groups in total. The third kappa shape index (κ3) is 18.8. The van der Waals surface area contributed by atoms with Gasteiger partial charge in [0.15, 0.2) is 30.4 Å². The van der Waals surface area contributed by atoms with Crippen LogP contribution in [0.4, 0.5) is 0 Å². The number of carbonyl (C=O) groups is 4. The highest BCUT2D eigenvalue weighted by atomic mass is 16.7. The summed E-state index contributed by atoms with van der Waals surface area (Å²) in [5.41, 5.74) is 13.9. The second-order valence-corrected chi connectivity index (χ2v) is 26.4. The van der Waals surface area contributed by atoms with E-state index in [0.717, 1.165) is 10.1 Å². The van der Waals surface area contributed by atoms with E-state index in [2.05, 4.69) is 46.9 Å². The zero-order chi connectivity index (χ0) is 77.1. The molecule has 0 aliphatic carbocycles. The minimum absolute atomic E-state index is 0.0760. The number of hydrogen-bond acceptors (Lipinski definition) is 31. The molecule has 6 heterocycles. The molecule has 39 nitrogen and oxygen atoms in total. The van der Waals surface area contributed by atoms with Crippen molar-refractivity contribution in [3.8, 4) is 23.0 Å². The maximum Gasteiger partial charge on any atom is 0.358 e. The first-order valence-electron chi connectivity index (χ1n) is 34.3. The van der Waals surface area contributed by atoms with Crippen molar-refractivity contribution in [1.29, 1.82) is 0 Å². The van der Waals surface area contributed by atoms with Crippen LogP contribution in [-0.4, -0.2) is 323 Å². The molecule has 4 aromatic carbocycles. The van der Waals surface area contributed by atoms with Crippen LogP contribution in [0.3, 0.4) is 0 Å². The van der Waals surface area contributed by atoms with E-state index in [1.54, 1.807) is 49.4 Å². The lowest BCUT2D eigenvalue weighted by Crippen LogP contribution is -2.80. The second kappa shape index (κ2) is 36.1. The Morgan fingerprint density at radius 1 is 0.626 bits per heavy atom. The number of benzene rings is 4. The number of nitrogens with two attached hydrogens (primary N) is 2. The molecule has 0 saturated carbocycles. The van der Waals surface area contributed by atoms with Crippen molar-refractivity contribution >= 4 is 47.3 Å². The molecule has 10 rings (SSSR count). The SMILES string of the molecule is COc1ccc(OC[C@@H]2O[C@@H](O[C@@H]3[C@@H](O)[C@@H](O)[C@H](Oc4ccc(C[C@H]5NC(=O)C([C@H](C)c6ccccc6)N=C([O-])C[NH+]=C(O)[C@H](CO)NC(=O)[C@@H]([C@H](O)[C@@H]6CNC(N)=[N+]6[C@@H]6O[C@@H](CO)[C@H](O)[C@H](O)[C@@H]6O)NC(=O)[C@H]([C@H](O)[C@@H]6C[NH+]=C(N)N6)NC5=O)cc4)O[C@@H]3CO)[C@@H](O)[C@@H](O)[C@H]2O)cc1OCc1ccccc1. The average molecular weight is 1510 g/mol. The first-order valence-corrected chi connectivity index (χ1v) is 34.3. The van der Waals surface area contributed by atoms with E-state index in [-0.39, 0.29) is 42.1 Å². The molecular formula is C68H92N12O27+2. The number of ether oxygens (including phenoxy) is 8. The van der Waals surface area contributed by atoms with Crippen LogP contribution in [0, 0.1) is 0 Å². The van der Waals surface area contributed by atoms with Gasteiger partial charge in [0.2, 0.25) is 36.1 Å². The predicted octanol–water partition coefficient (Wildman–Crippen LogP) is -14.0. The molecule has 107 heavy (non-hydrogen) atoms. The number of methoxy groups -OCH3 is 1. The Balaban J connectivity index is 0.895. The molecule has 0 radical (unpaired) electrons. The zero-order valence-electron chi connectivity index (χ0n) is 57.7. The van der Waals surface area contributed by atoms with Crippen molar-refractivity contribution in [1.82, 2.24) is 31.9 Å². The monoisotopic (exact) mass is 1510 g/mol. The van der Waals surface area contributed by atoms with Crippen LogP contribution in [0.5, 0.6) is 23.0 Å². The topological polar surface area (TPSA) is 616 Å². The summed E-state index contributed by atoms with van der Waals surface area (Å²) in [4.78, 5) is 69.4. The Kier molecular flexibility index (Phi) is 27.1. The zero-order valence-corrected chi connectivity index (χ0v) is 57.7. The first-order chi connectivity index (χ1) is 51.2. The maximum atomic E-state index is 15.3. The summed E-state index contributed by atoms with van der Waals surface area (Å²) < 4.78 is 47.7. The van der Waals surface area contributed by atoms with E-state index in [4.69, 9.17) is 49.4 Å². The Bertz CT molecular complexity index is 3800. The summed E-state index contributed by atoms with van der Waals surface area (Å²) in [6.07, 6.45) is -31.8. The lowest BCUT2D eigenvalue weighted by atomic mass is 9.92. The molecule has 1 unspecified atom stereocenters. The summed E-state index contributed by atoms with van der Waals surface area (Å²) in [6.45, 7) is -3.10. The number of guanidine groups is 2. The standard InChI is InChI=1S/C68H90N12O27/c1-29(32-11-7-4-8-12-32)45-61(97)74-35(19-30-13-15-33(16-14-30)103-65-57(94)54(91)58(42(26-83)105-65)107-66-56(93)53(90)51(88)43(106-66)28-101-34-17-18-39(100-2)40(20-34)102-27-31-9-5-3-6-10-31)60(96)78-46(48(85)36-21-72-67(69)76-36)63(99)79-47(62(98)75-37(24-81)59(95)71-23-44(84)77-45)49(86)38-22-73-68(70)80(38)64-55(92)52(89)50(87)41(25-82)104-64/h3-18,20,29,35-38,41-43,45-58,64-66,81-83,85-94H,19,21-28H2,1-2H3,(H11,69,70,71,72,73,74,75,76,77,78,79,84,95,96,97,98,99)/p+2/t29-,35-,36+,37+,38+,41+,42-,43+,45?,46+,47-,48-,49-,50+,51+,52+,53+,54+,55+,56+,57-,58+,64-,65-,66+/m1/s1. The number of carbonyl (C=O) groups excluding carboxylic acids is 4. The quantitative estimate of drug-likeness (QED) is 0.0307. The average Bonchev–Trinajstić information content (AvgIpc) is 1.74. The molecule has 6 aliphatic heterocycles. The number of aliphatic hydroxyl groups excluding tert-OH is 14. The molecule has 0 bridgehead atoms. The number of aliphatic hydroxyl groups is 14. The molecule has 3 fully saturated rings. The normalized spacial score (nSPS) is 33.5. The molecular weight excluding hydrogens is 1420 g/mol. The highest BCUT2D eigenvalue weighted by Crippen LogP contribution is 2.35. The van der Waals surface area contributed by atoms with Gasteiger partial charge < -0.3 is 136 Å². The lowest BCUT2D eigenvalue weighted by molar-refractivity contribution is -0.663. The van der Waals surface area contributed by atoms with Gasteiger partial charge in [-0.15, -0.1) is 0 Å². The molecule has 3 saturated heterocycles. The van der Waals surface area contributed by atoms with Crippen molar-refractivity contribution in [2.75, 3.05) is 53.2 Å². The second-order valence-electron chi connectivity index (χ2n) is 26.4. The van der Waals surface area contributed by atoms with E-state index in [0.29, 0.717) is 17.1 Å². The van der Waals surface area contributed by atoms with Gasteiger partial charge in [0.25, 0.3) is 0 Å². The molecule has 584 valence electrons. The van der Waals surface area contributed by atoms with Crippen LogP contribution >= 0.6 is 0 Å². The van der Waals surface area contributed by atoms with E-state index < -0.39 is 234 Å². The third-order valence-corrected chi connectivity index (χ3v) is 19.2. The van der Waals surface area contributed by atoms with E-state index in [1.807, 2.05) is 30.3 Å². The molecule has 39 heteroatoms. The Labute approximate surface area is 610 Å². The minimum Gasteiger partial charge on any atom is -0.858 e. The maximum absolute atomic E-state index is 15.3. The van der Waals surface area contributed by atoms with Crippen LogP contribution < -0.4 is 77.4 Å². The summed E-state index contributed by atoms with van der Waals surface area (Å²) in [6, 6.07) is 15.0. The van der Waals surface area contributed by atoms with Crippen molar-refractivity contribution in [3.05, 3.63) is 120 Å². The van der Waals surface area contributed by atoms with Gasteiger partial charge in [0.05, 0.1) is 33.5 Å². The predicted molar refractivity (Wildman–Crippen MR) is 363 cm³/mol. The molecule has 0 spiro atoms. The van der Waals surface area contributed by atoms with E-state index >= 15 is 9.59 Å². The third-order valence-electron chi connectivity index (χ3n) is 19.2. The van der Waals surface area contributed by atoms with Gasteiger partial charge in [-0.2, -0.15) is 0 Å². The fourth-order valence-corrected chi connectivity index (χ4v) is 13.0. The molecule has 6 aliphatic rings. The summed E-state index contributed by atoms with van der Waals surface area (Å²) >= 11 is 0. The van der Waals surface area contributed by atoms with Gasteiger partial charge >= 0.3 is 17.8 Å².